The molecule has 0 aliphatic carbocycles. The van der Waals surface area contributed by atoms with Crippen molar-refractivity contribution >= 4 is 34.9 Å². The molecular formula is C20H20BN5O2S. The van der Waals surface area contributed by atoms with Crippen LogP contribution >= 0.6 is 11.3 Å². The Kier molecular flexibility index (Phi) is 5.88. The molecule has 1 saturated heterocycles. The maximum absolute atomic E-state index is 9.24. The summed E-state index contributed by atoms with van der Waals surface area (Å²) in [5.74, 6) is 0.611. The summed E-state index contributed by atoms with van der Waals surface area (Å²) in [6.45, 7) is 1.79. The molecule has 1 aliphatic heterocycles. The molecule has 1 fully saturated rings. The molecule has 0 radical (unpaired) electrons. The van der Waals surface area contributed by atoms with Gasteiger partial charge in [-0.3, -0.25) is 4.90 Å². The Morgan fingerprint density at radius 1 is 1.28 bits per heavy atom. The van der Waals surface area contributed by atoms with E-state index in [0.29, 0.717) is 16.8 Å². The van der Waals surface area contributed by atoms with Gasteiger partial charge in [0.05, 0.1) is 23.4 Å². The number of rotatable bonds is 6. The van der Waals surface area contributed by atoms with Crippen molar-refractivity contribution in [1.29, 1.82) is 5.26 Å². The molecule has 4 rings (SSSR count). The largest absolute Gasteiger partial charge is 0.488 e. The van der Waals surface area contributed by atoms with Crippen LogP contribution in [0.25, 0.3) is 0 Å². The number of nitrogens with zero attached hydrogens (tertiary/aromatic N) is 4. The highest BCUT2D eigenvalue weighted by atomic mass is 32.1. The molecule has 1 unspecified atom stereocenters. The van der Waals surface area contributed by atoms with Crippen molar-refractivity contribution in [2.24, 2.45) is 0 Å². The maximum atomic E-state index is 9.24. The molecular weight excluding hydrogens is 385 g/mol. The van der Waals surface area contributed by atoms with Gasteiger partial charge < -0.3 is 15.4 Å². The van der Waals surface area contributed by atoms with Crippen molar-refractivity contribution in [2.45, 2.75) is 25.4 Å². The minimum Gasteiger partial charge on any atom is -0.423 e. The van der Waals surface area contributed by atoms with E-state index in [1.807, 2.05) is 12.1 Å². The Morgan fingerprint density at radius 2 is 2.10 bits per heavy atom. The highest BCUT2D eigenvalue weighted by Crippen LogP contribution is 2.35. The fourth-order valence-corrected chi connectivity index (χ4v) is 4.32. The lowest BCUT2D eigenvalue weighted by Crippen LogP contribution is -2.30. The van der Waals surface area contributed by atoms with E-state index >= 15 is 0 Å². The van der Waals surface area contributed by atoms with Crippen molar-refractivity contribution in [3.8, 4) is 6.07 Å². The number of likely N-dealkylation sites (tertiary alicyclic amines) is 1. The van der Waals surface area contributed by atoms with Crippen molar-refractivity contribution in [1.82, 2.24) is 14.9 Å². The second-order valence-electron chi connectivity index (χ2n) is 6.99. The molecule has 29 heavy (non-hydrogen) atoms. The van der Waals surface area contributed by atoms with Crippen LogP contribution in [-0.4, -0.2) is 38.6 Å². The van der Waals surface area contributed by atoms with Gasteiger partial charge in [-0.25, -0.2) is 9.97 Å². The number of hydrogen-bond acceptors (Lipinski definition) is 8. The zero-order valence-electron chi connectivity index (χ0n) is 15.7. The minimum absolute atomic E-state index is 0.253. The van der Waals surface area contributed by atoms with Gasteiger partial charge in [-0.15, -0.1) is 11.3 Å². The smallest absolute Gasteiger partial charge is 0.423 e. The van der Waals surface area contributed by atoms with Gasteiger partial charge >= 0.3 is 7.12 Å². The lowest BCUT2D eigenvalue weighted by atomic mass is 9.80. The molecule has 3 N–H and O–H groups in total. The lowest BCUT2D eigenvalue weighted by Gasteiger charge is -2.23. The summed E-state index contributed by atoms with van der Waals surface area (Å²) < 4.78 is 0. The van der Waals surface area contributed by atoms with Crippen LogP contribution in [0.3, 0.4) is 0 Å². The number of thiazole rings is 1. The third kappa shape index (κ3) is 4.63. The lowest BCUT2D eigenvalue weighted by molar-refractivity contribution is 0.245. The number of aromatic nitrogens is 2. The summed E-state index contributed by atoms with van der Waals surface area (Å²) in [5.41, 5.74) is 3.22. The molecule has 0 amide bonds. The molecule has 3 heterocycles. The molecule has 2 aromatic heterocycles. The molecule has 7 nitrogen and oxygen atoms in total. The molecule has 1 aliphatic rings. The summed E-state index contributed by atoms with van der Waals surface area (Å²) in [6.07, 6.45) is 3.78. The monoisotopic (exact) mass is 405 g/mol. The van der Waals surface area contributed by atoms with E-state index in [1.54, 1.807) is 30.5 Å². The first kappa shape index (κ1) is 19.5. The SMILES string of the molecule is N#Cc1ccnc(Nc2nc(C3CCCN3Cc3ccc(B(O)O)cc3)cs2)c1. The molecule has 146 valence electrons. The number of nitriles is 1. The zero-order valence-corrected chi connectivity index (χ0v) is 16.5. The van der Waals surface area contributed by atoms with Crippen LogP contribution in [0.15, 0.2) is 48.0 Å². The molecule has 3 aromatic rings. The van der Waals surface area contributed by atoms with E-state index in [9.17, 15) is 10.0 Å². The minimum atomic E-state index is -1.44. The molecule has 0 bridgehead atoms. The standard InChI is InChI=1S/C20H20BN5O2S/c22-11-15-7-8-23-19(10-15)25-20-24-17(13-29-20)18-2-1-9-26(18)12-14-3-5-16(6-4-14)21(27)28/h3-8,10,13,18,27-28H,1-2,9,12H2,(H,23,24,25). The number of anilines is 2. The second kappa shape index (κ2) is 8.72. The Hall–Kier alpha value is -2.77. The highest BCUT2D eigenvalue weighted by molar-refractivity contribution is 7.13. The van der Waals surface area contributed by atoms with Gasteiger partial charge in [-0.05, 0) is 42.5 Å². The predicted molar refractivity (Wildman–Crippen MR) is 113 cm³/mol. The first-order valence-electron chi connectivity index (χ1n) is 9.40. The summed E-state index contributed by atoms with van der Waals surface area (Å²) in [7, 11) is -1.44. The second-order valence-corrected chi connectivity index (χ2v) is 7.85. The fraction of sp³-hybridized carbons (Fsp3) is 0.250. The van der Waals surface area contributed by atoms with E-state index in [-0.39, 0.29) is 6.04 Å². The summed E-state index contributed by atoms with van der Waals surface area (Å²) in [5, 5.41) is 33.5. The summed E-state index contributed by atoms with van der Waals surface area (Å²) in [4.78, 5) is 11.4. The quantitative estimate of drug-likeness (QED) is 0.540. The van der Waals surface area contributed by atoms with Crippen LogP contribution in [-0.2, 0) is 6.54 Å². The van der Waals surface area contributed by atoms with Crippen molar-refractivity contribution in [3.63, 3.8) is 0 Å². The fourth-order valence-electron chi connectivity index (χ4n) is 3.55. The van der Waals surface area contributed by atoms with Gasteiger partial charge in [0.1, 0.15) is 5.82 Å². The van der Waals surface area contributed by atoms with Crippen LogP contribution in [0.2, 0.25) is 0 Å². The average Bonchev–Trinajstić information content (AvgIpc) is 3.38. The first-order chi connectivity index (χ1) is 14.1. The van der Waals surface area contributed by atoms with Gasteiger partial charge in [0.2, 0.25) is 0 Å². The number of hydrogen-bond donors (Lipinski definition) is 3. The predicted octanol–water partition coefficient (Wildman–Crippen LogP) is 2.17. The van der Waals surface area contributed by atoms with E-state index in [1.165, 1.54) is 11.3 Å². The van der Waals surface area contributed by atoms with Crippen molar-refractivity contribution in [2.75, 3.05) is 11.9 Å². The topological polar surface area (TPSA) is 105 Å². The molecule has 0 saturated carbocycles. The summed E-state index contributed by atoms with van der Waals surface area (Å²) in [6, 6.07) is 13.1. The number of benzene rings is 1. The van der Waals surface area contributed by atoms with E-state index in [4.69, 9.17) is 10.2 Å². The number of pyridine rings is 1. The van der Waals surface area contributed by atoms with Gasteiger partial charge in [0.15, 0.2) is 5.13 Å². The molecule has 1 atom stereocenters. The average molecular weight is 405 g/mol. The Morgan fingerprint density at radius 3 is 2.86 bits per heavy atom. The van der Waals surface area contributed by atoms with Gasteiger partial charge in [-0.1, -0.05) is 24.3 Å². The van der Waals surface area contributed by atoms with Crippen LogP contribution in [0, 0.1) is 11.3 Å². The number of nitrogens with one attached hydrogen (secondary N) is 1. The zero-order chi connectivity index (χ0) is 20.2. The van der Waals surface area contributed by atoms with E-state index in [0.717, 1.165) is 42.3 Å². The Bertz CT molecular complexity index is 1020. The van der Waals surface area contributed by atoms with Crippen molar-refractivity contribution in [3.05, 3.63) is 64.8 Å². The Labute approximate surface area is 173 Å². The van der Waals surface area contributed by atoms with E-state index < -0.39 is 7.12 Å². The molecule has 9 heteroatoms. The van der Waals surface area contributed by atoms with Gasteiger partial charge in [-0.2, -0.15) is 5.26 Å². The Balaban J connectivity index is 1.44. The van der Waals surface area contributed by atoms with Crippen LogP contribution in [0.4, 0.5) is 10.9 Å². The highest BCUT2D eigenvalue weighted by Gasteiger charge is 2.28. The molecule has 0 spiro atoms. The third-order valence-electron chi connectivity index (χ3n) is 5.01. The van der Waals surface area contributed by atoms with Gasteiger partial charge in [0.25, 0.3) is 0 Å². The van der Waals surface area contributed by atoms with Crippen LogP contribution in [0.5, 0.6) is 0 Å². The normalized spacial score (nSPS) is 16.5. The van der Waals surface area contributed by atoms with Crippen molar-refractivity contribution < 1.29 is 10.0 Å². The first-order valence-corrected chi connectivity index (χ1v) is 10.3. The maximum Gasteiger partial charge on any atom is 0.488 e. The summed E-state index contributed by atoms with van der Waals surface area (Å²) >= 11 is 1.53. The molecule has 1 aromatic carbocycles. The third-order valence-corrected chi connectivity index (χ3v) is 5.79. The van der Waals surface area contributed by atoms with Crippen LogP contribution < -0.4 is 10.8 Å². The van der Waals surface area contributed by atoms with Gasteiger partial charge in [0, 0.05) is 18.1 Å². The van der Waals surface area contributed by atoms with E-state index in [2.05, 4.69) is 26.6 Å². The van der Waals surface area contributed by atoms with Crippen LogP contribution in [0.1, 0.15) is 35.7 Å².